The zero-order valence-corrected chi connectivity index (χ0v) is 48.8. The maximum atomic E-state index is 12.9. The molecule has 75 heavy (non-hydrogen) atoms. The monoisotopic (exact) mass is 1040 g/mol. The van der Waals surface area contributed by atoms with Crippen molar-refractivity contribution in [1.29, 1.82) is 0 Å². The summed E-state index contributed by atoms with van der Waals surface area (Å²) in [5.74, 6) is -0.933. The average Bonchev–Trinajstić information content (AvgIpc) is 3.41. The molecule has 0 radical (unpaired) electrons. The molecule has 0 aliphatic rings. The number of carbonyl (C=O) groups is 3. The Balaban J connectivity index is 4.33. The largest absolute Gasteiger partial charge is 0.462 e. The quantitative estimate of drug-likeness (QED) is 0.0261. The molecule has 1 atom stereocenters. The van der Waals surface area contributed by atoms with Crippen LogP contribution in [0.25, 0.3) is 0 Å². The van der Waals surface area contributed by atoms with Gasteiger partial charge in [-0.1, -0.05) is 251 Å². The van der Waals surface area contributed by atoms with Gasteiger partial charge in [-0.05, 0) is 128 Å². The zero-order valence-electron chi connectivity index (χ0n) is 48.8. The van der Waals surface area contributed by atoms with Crippen molar-refractivity contribution < 1.29 is 28.6 Å². The first kappa shape index (κ1) is 70.8. The number of rotatable bonds is 55. The van der Waals surface area contributed by atoms with Crippen LogP contribution in [0.3, 0.4) is 0 Å². The van der Waals surface area contributed by atoms with Gasteiger partial charge in [-0.2, -0.15) is 0 Å². The van der Waals surface area contributed by atoms with Gasteiger partial charge in [0.1, 0.15) is 13.2 Å². The van der Waals surface area contributed by atoms with Crippen LogP contribution < -0.4 is 0 Å². The number of esters is 3. The van der Waals surface area contributed by atoms with Crippen molar-refractivity contribution >= 4 is 17.9 Å². The molecule has 0 aliphatic heterocycles. The minimum absolute atomic E-state index is 0.0941. The summed E-state index contributed by atoms with van der Waals surface area (Å²) in [7, 11) is 0. The molecule has 0 amide bonds. The molecule has 0 aromatic heterocycles. The first-order valence-electron chi connectivity index (χ1n) is 31.0. The standard InChI is InChI=1S/C69H114O6/c1-4-7-10-13-16-19-22-25-27-29-30-31-32-33-34-35-36-37-38-40-41-44-47-50-53-56-59-62-68(71)74-65-66(64-73-67(70)61-58-55-52-49-46-43-24-21-18-15-12-9-6-3)75-69(72)63-60-57-54-51-48-45-42-39-28-26-23-20-17-14-11-8-5-2/h7,9-10,12,16-21,25-28,30-31,33-34,43,46,66H,4-6,8,11,13-15,22-24,29,32,35-42,44-45,47-65H2,1-3H3/b10-7-,12-9-,19-16-,20-17-,21-18-,27-25-,28-26-,31-30-,34-33-,46-43-. The van der Waals surface area contributed by atoms with Gasteiger partial charge < -0.3 is 14.2 Å². The van der Waals surface area contributed by atoms with Crippen LogP contribution in [0.15, 0.2) is 122 Å². The fourth-order valence-electron chi connectivity index (χ4n) is 8.34. The molecule has 0 heterocycles. The molecule has 0 aliphatic carbocycles. The molecule has 6 heteroatoms. The highest BCUT2D eigenvalue weighted by Crippen LogP contribution is 2.15. The van der Waals surface area contributed by atoms with Crippen molar-refractivity contribution in [3.63, 3.8) is 0 Å². The fourth-order valence-corrected chi connectivity index (χ4v) is 8.34. The van der Waals surface area contributed by atoms with E-state index >= 15 is 0 Å². The maximum Gasteiger partial charge on any atom is 0.306 e. The van der Waals surface area contributed by atoms with Gasteiger partial charge in [0.2, 0.25) is 0 Å². The molecule has 0 N–H and O–H groups in total. The summed E-state index contributed by atoms with van der Waals surface area (Å²) in [6, 6.07) is 0. The van der Waals surface area contributed by atoms with Crippen molar-refractivity contribution in [2.45, 2.75) is 284 Å². The molecule has 426 valence electrons. The Morgan fingerprint density at radius 1 is 0.280 bits per heavy atom. The van der Waals surface area contributed by atoms with Gasteiger partial charge in [-0.25, -0.2) is 0 Å². The number of hydrogen-bond donors (Lipinski definition) is 0. The highest BCUT2D eigenvalue weighted by Gasteiger charge is 2.19. The van der Waals surface area contributed by atoms with Gasteiger partial charge in [0.15, 0.2) is 6.10 Å². The maximum absolute atomic E-state index is 12.9. The summed E-state index contributed by atoms with van der Waals surface area (Å²) >= 11 is 0. The predicted molar refractivity (Wildman–Crippen MR) is 325 cm³/mol. The lowest BCUT2D eigenvalue weighted by atomic mass is 10.0. The van der Waals surface area contributed by atoms with Crippen LogP contribution in [-0.4, -0.2) is 37.2 Å². The van der Waals surface area contributed by atoms with Crippen LogP contribution in [-0.2, 0) is 28.6 Å². The second-order valence-electron chi connectivity index (χ2n) is 20.2. The van der Waals surface area contributed by atoms with E-state index in [1.54, 1.807) is 0 Å². The zero-order chi connectivity index (χ0) is 54.3. The Morgan fingerprint density at radius 2 is 0.520 bits per heavy atom. The number of ether oxygens (including phenoxy) is 3. The van der Waals surface area contributed by atoms with E-state index in [-0.39, 0.29) is 31.1 Å². The fraction of sp³-hybridized carbons (Fsp3) is 0.667. The van der Waals surface area contributed by atoms with Crippen LogP contribution in [0.2, 0.25) is 0 Å². The van der Waals surface area contributed by atoms with Crippen molar-refractivity contribution in [3.8, 4) is 0 Å². The lowest BCUT2D eigenvalue weighted by Gasteiger charge is -2.18. The molecule has 0 saturated carbocycles. The van der Waals surface area contributed by atoms with Gasteiger partial charge in [0.25, 0.3) is 0 Å². The second-order valence-corrected chi connectivity index (χ2v) is 20.2. The minimum atomic E-state index is -0.799. The van der Waals surface area contributed by atoms with Gasteiger partial charge in [0, 0.05) is 19.3 Å². The van der Waals surface area contributed by atoms with Crippen molar-refractivity contribution in [1.82, 2.24) is 0 Å². The topological polar surface area (TPSA) is 78.9 Å². The van der Waals surface area contributed by atoms with Crippen molar-refractivity contribution in [2.75, 3.05) is 13.2 Å². The average molecular weight is 1040 g/mol. The number of allylic oxidation sites excluding steroid dienone is 20. The third kappa shape index (κ3) is 60.6. The summed E-state index contributed by atoms with van der Waals surface area (Å²) < 4.78 is 16.9. The van der Waals surface area contributed by atoms with Crippen LogP contribution in [0.1, 0.15) is 278 Å². The summed E-state index contributed by atoms with van der Waals surface area (Å²) in [6.45, 7) is 6.36. The van der Waals surface area contributed by atoms with Crippen LogP contribution in [0.5, 0.6) is 0 Å². The SMILES string of the molecule is CC/C=C\C/C=C\C/C=C\C/C=C\C/C=C\CCCCCCCCCCCCCC(=O)OCC(COC(=O)CCCCC/C=C\C/C=C\C/C=C\CC)OC(=O)CCCCCCCCC/C=C\C/C=C\CCCCC. The van der Waals surface area contributed by atoms with E-state index in [1.165, 1.54) is 109 Å². The van der Waals surface area contributed by atoms with E-state index < -0.39 is 6.10 Å². The third-order valence-corrected chi connectivity index (χ3v) is 12.9. The first-order valence-corrected chi connectivity index (χ1v) is 31.0. The predicted octanol–water partition coefficient (Wildman–Crippen LogP) is 21.2. The Bertz CT molecular complexity index is 1570. The first-order chi connectivity index (χ1) is 37.0. The van der Waals surface area contributed by atoms with Crippen LogP contribution >= 0.6 is 0 Å². The molecule has 0 rings (SSSR count). The highest BCUT2D eigenvalue weighted by atomic mass is 16.6. The Morgan fingerprint density at radius 3 is 0.827 bits per heavy atom. The van der Waals surface area contributed by atoms with Gasteiger partial charge in [0.05, 0.1) is 0 Å². The van der Waals surface area contributed by atoms with E-state index in [0.29, 0.717) is 19.3 Å². The summed E-state index contributed by atoms with van der Waals surface area (Å²) in [5, 5.41) is 0. The van der Waals surface area contributed by atoms with E-state index in [9.17, 15) is 14.4 Å². The van der Waals surface area contributed by atoms with E-state index in [2.05, 4.69) is 142 Å². The van der Waals surface area contributed by atoms with E-state index in [0.717, 1.165) is 128 Å². The van der Waals surface area contributed by atoms with Gasteiger partial charge in [-0.15, -0.1) is 0 Å². The molecule has 0 aromatic rings. The lowest BCUT2D eigenvalue weighted by Crippen LogP contribution is -2.30. The van der Waals surface area contributed by atoms with E-state index in [4.69, 9.17) is 14.2 Å². The number of carbonyl (C=O) groups excluding carboxylic acids is 3. The molecule has 0 bridgehead atoms. The van der Waals surface area contributed by atoms with Gasteiger partial charge >= 0.3 is 17.9 Å². The van der Waals surface area contributed by atoms with Crippen LogP contribution in [0, 0.1) is 0 Å². The normalized spacial score (nSPS) is 12.9. The summed E-state index contributed by atoms with van der Waals surface area (Å²) in [5.41, 5.74) is 0. The molecular formula is C69H114O6. The summed E-state index contributed by atoms with van der Waals surface area (Å²) in [6.07, 6.45) is 86.3. The van der Waals surface area contributed by atoms with Crippen molar-refractivity contribution in [2.24, 2.45) is 0 Å². The molecule has 0 saturated heterocycles. The summed E-state index contributed by atoms with van der Waals surface area (Å²) in [4.78, 5) is 38.2. The molecule has 0 aromatic carbocycles. The molecule has 6 nitrogen and oxygen atoms in total. The highest BCUT2D eigenvalue weighted by molar-refractivity contribution is 5.71. The van der Waals surface area contributed by atoms with E-state index in [1.807, 2.05) is 0 Å². The number of hydrogen-bond acceptors (Lipinski definition) is 6. The smallest absolute Gasteiger partial charge is 0.306 e. The van der Waals surface area contributed by atoms with Gasteiger partial charge in [-0.3, -0.25) is 14.4 Å². The second kappa shape index (κ2) is 62.4. The molecule has 1 unspecified atom stereocenters. The minimum Gasteiger partial charge on any atom is -0.462 e. The Labute approximate surface area is 462 Å². The molecular weight excluding hydrogens is 925 g/mol. The third-order valence-electron chi connectivity index (χ3n) is 12.9. The number of unbranched alkanes of at least 4 members (excludes halogenated alkanes) is 24. The lowest BCUT2D eigenvalue weighted by molar-refractivity contribution is -0.167. The van der Waals surface area contributed by atoms with Crippen LogP contribution in [0.4, 0.5) is 0 Å². The molecule has 0 fully saturated rings. The Kier molecular flexibility index (Phi) is 58.9. The molecule has 0 spiro atoms. The Hall–Kier alpha value is -4.19. The van der Waals surface area contributed by atoms with Crippen molar-refractivity contribution in [3.05, 3.63) is 122 Å².